The van der Waals surface area contributed by atoms with Crippen molar-refractivity contribution < 1.29 is 17.9 Å². The Hall–Kier alpha value is -1.26. The van der Waals surface area contributed by atoms with E-state index in [4.69, 9.17) is 5.26 Å². The van der Waals surface area contributed by atoms with Gasteiger partial charge in [0.1, 0.15) is 12.7 Å². The molecular formula is C11H10BrF3N2O. The Balaban J connectivity index is 2.40. The number of benzene rings is 1. The fraction of sp³-hybridized carbons (Fsp3) is 0.364. The van der Waals surface area contributed by atoms with E-state index in [9.17, 15) is 13.2 Å². The van der Waals surface area contributed by atoms with Crippen LogP contribution in [0.2, 0.25) is 0 Å². The molecule has 0 saturated carbocycles. The van der Waals surface area contributed by atoms with E-state index in [0.717, 1.165) is 4.47 Å². The number of ether oxygens (including phenoxy) is 1. The molecule has 7 heteroatoms. The molecule has 0 unspecified atom stereocenters. The van der Waals surface area contributed by atoms with Gasteiger partial charge < -0.3 is 10.1 Å². The minimum Gasteiger partial charge on any atom is -0.382 e. The average Bonchev–Trinajstić information content (AvgIpc) is 2.27. The van der Waals surface area contributed by atoms with Crippen molar-refractivity contribution in [2.75, 3.05) is 25.1 Å². The highest BCUT2D eigenvalue weighted by molar-refractivity contribution is 9.10. The van der Waals surface area contributed by atoms with Crippen molar-refractivity contribution in [3.05, 3.63) is 28.2 Å². The summed E-state index contributed by atoms with van der Waals surface area (Å²) in [4.78, 5) is 0. The van der Waals surface area contributed by atoms with Gasteiger partial charge in [0.05, 0.1) is 17.9 Å². The molecule has 0 atom stereocenters. The maximum atomic E-state index is 11.8. The average molecular weight is 323 g/mol. The van der Waals surface area contributed by atoms with E-state index in [1.54, 1.807) is 18.2 Å². The van der Waals surface area contributed by atoms with E-state index in [1.165, 1.54) is 0 Å². The van der Waals surface area contributed by atoms with Crippen LogP contribution in [0.4, 0.5) is 18.9 Å². The van der Waals surface area contributed by atoms with Gasteiger partial charge in [-0.15, -0.1) is 0 Å². The number of hydrogen-bond acceptors (Lipinski definition) is 3. The largest absolute Gasteiger partial charge is 0.411 e. The van der Waals surface area contributed by atoms with E-state index in [1.807, 2.05) is 6.07 Å². The van der Waals surface area contributed by atoms with Crippen LogP contribution < -0.4 is 5.32 Å². The normalized spacial score (nSPS) is 11.1. The fourth-order valence-corrected chi connectivity index (χ4v) is 1.57. The molecule has 0 aliphatic heterocycles. The molecular weight excluding hydrogens is 313 g/mol. The van der Waals surface area contributed by atoms with Crippen molar-refractivity contribution in [3.63, 3.8) is 0 Å². The molecule has 18 heavy (non-hydrogen) atoms. The predicted molar refractivity (Wildman–Crippen MR) is 64.2 cm³/mol. The van der Waals surface area contributed by atoms with Crippen molar-refractivity contribution in [1.29, 1.82) is 5.26 Å². The third-order valence-electron chi connectivity index (χ3n) is 1.93. The molecule has 0 amide bonds. The third-order valence-corrected chi connectivity index (χ3v) is 2.42. The van der Waals surface area contributed by atoms with Gasteiger partial charge in [-0.3, -0.25) is 0 Å². The van der Waals surface area contributed by atoms with Gasteiger partial charge >= 0.3 is 6.18 Å². The second-order valence-electron chi connectivity index (χ2n) is 3.40. The number of nitriles is 1. The van der Waals surface area contributed by atoms with Crippen LogP contribution in [0.25, 0.3) is 0 Å². The Morgan fingerprint density at radius 2 is 2.11 bits per heavy atom. The van der Waals surface area contributed by atoms with Gasteiger partial charge in [0.25, 0.3) is 0 Å². The fourth-order valence-electron chi connectivity index (χ4n) is 1.21. The highest BCUT2D eigenvalue weighted by atomic mass is 79.9. The number of nitrogens with one attached hydrogen (secondary N) is 1. The summed E-state index contributed by atoms with van der Waals surface area (Å²) in [5.41, 5.74) is 0.983. The number of hydrogen-bond donors (Lipinski definition) is 1. The highest BCUT2D eigenvalue weighted by Gasteiger charge is 2.27. The van der Waals surface area contributed by atoms with Gasteiger partial charge in [0, 0.05) is 11.0 Å². The molecule has 1 aromatic rings. The van der Waals surface area contributed by atoms with Crippen molar-refractivity contribution in [2.45, 2.75) is 6.18 Å². The Morgan fingerprint density at radius 1 is 1.39 bits per heavy atom. The molecule has 0 fully saturated rings. The Labute approximate surface area is 111 Å². The maximum absolute atomic E-state index is 11.8. The van der Waals surface area contributed by atoms with Crippen LogP contribution in [0, 0.1) is 11.3 Å². The van der Waals surface area contributed by atoms with Crippen molar-refractivity contribution in [1.82, 2.24) is 0 Å². The molecule has 3 nitrogen and oxygen atoms in total. The first kappa shape index (κ1) is 14.8. The zero-order chi connectivity index (χ0) is 13.6. The summed E-state index contributed by atoms with van der Waals surface area (Å²) in [6, 6.07) is 6.99. The third kappa shape index (κ3) is 5.38. The Kier molecular flexibility index (Phi) is 5.44. The number of alkyl halides is 3. The first-order valence-electron chi connectivity index (χ1n) is 5.00. The SMILES string of the molecule is N#Cc1ccc(Br)cc1NCCOCC(F)(F)F. The summed E-state index contributed by atoms with van der Waals surface area (Å²) in [5.74, 6) is 0. The minimum atomic E-state index is -4.31. The summed E-state index contributed by atoms with van der Waals surface area (Å²) in [5, 5.41) is 11.7. The number of halogens is 4. The molecule has 0 aromatic heterocycles. The Morgan fingerprint density at radius 3 is 2.72 bits per heavy atom. The summed E-state index contributed by atoms with van der Waals surface area (Å²) >= 11 is 3.24. The van der Waals surface area contributed by atoms with Gasteiger partial charge in [-0.25, -0.2) is 0 Å². The molecule has 0 saturated heterocycles. The van der Waals surface area contributed by atoms with Gasteiger partial charge in [-0.2, -0.15) is 18.4 Å². The Bertz CT molecular complexity index is 443. The number of anilines is 1. The maximum Gasteiger partial charge on any atom is 0.411 e. The van der Waals surface area contributed by atoms with Crippen molar-refractivity contribution in [3.8, 4) is 6.07 Å². The monoisotopic (exact) mass is 322 g/mol. The van der Waals surface area contributed by atoms with E-state index in [-0.39, 0.29) is 13.2 Å². The van der Waals surface area contributed by atoms with Crippen LogP contribution in [-0.2, 0) is 4.74 Å². The molecule has 0 aliphatic carbocycles. The molecule has 1 N–H and O–H groups in total. The lowest BCUT2D eigenvalue weighted by Gasteiger charge is -2.10. The minimum absolute atomic E-state index is 0.0864. The van der Waals surface area contributed by atoms with Gasteiger partial charge in [0.15, 0.2) is 0 Å². The van der Waals surface area contributed by atoms with Gasteiger partial charge in [0.2, 0.25) is 0 Å². The van der Waals surface area contributed by atoms with E-state index >= 15 is 0 Å². The van der Waals surface area contributed by atoms with Crippen LogP contribution in [0.5, 0.6) is 0 Å². The lowest BCUT2D eigenvalue weighted by atomic mass is 10.2. The van der Waals surface area contributed by atoms with E-state index in [2.05, 4.69) is 26.0 Å². The standard InChI is InChI=1S/C11H10BrF3N2O/c12-9-2-1-8(6-16)10(5-9)17-3-4-18-7-11(13,14)15/h1-2,5,17H,3-4,7H2. The molecule has 98 valence electrons. The van der Waals surface area contributed by atoms with Crippen LogP contribution in [0.15, 0.2) is 22.7 Å². The quantitative estimate of drug-likeness (QED) is 0.846. The first-order valence-corrected chi connectivity index (χ1v) is 5.80. The van der Waals surface area contributed by atoms with E-state index in [0.29, 0.717) is 11.3 Å². The molecule has 1 rings (SSSR count). The topological polar surface area (TPSA) is 45.0 Å². The van der Waals surface area contributed by atoms with Crippen LogP contribution in [0.3, 0.4) is 0 Å². The predicted octanol–water partition coefficient (Wildman–Crippen LogP) is 3.31. The molecule has 0 radical (unpaired) electrons. The molecule has 0 bridgehead atoms. The van der Waals surface area contributed by atoms with Crippen LogP contribution >= 0.6 is 15.9 Å². The second kappa shape index (κ2) is 6.61. The molecule has 0 spiro atoms. The van der Waals surface area contributed by atoms with Crippen LogP contribution in [-0.4, -0.2) is 25.9 Å². The summed E-state index contributed by atoms with van der Waals surface area (Å²) < 4.78 is 40.6. The van der Waals surface area contributed by atoms with Gasteiger partial charge in [-0.05, 0) is 18.2 Å². The summed E-state index contributed by atoms with van der Waals surface area (Å²) in [6.07, 6.45) is -4.31. The van der Waals surface area contributed by atoms with Crippen LogP contribution in [0.1, 0.15) is 5.56 Å². The summed E-state index contributed by atoms with van der Waals surface area (Å²) in [7, 11) is 0. The summed E-state index contributed by atoms with van der Waals surface area (Å²) in [6.45, 7) is -1.16. The highest BCUT2D eigenvalue weighted by Crippen LogP contribution is 2.20. The van der Waals surface area contributed by atoms with E-state index < -0.39 is 12.8 Å². The lowest BCUT2D eigenvalue weighted by Crippen LogP contribution is -2.20. The van der Waals surface area contributed by atoms with Crippen molar-refractivity contribution in [2.24, 2.45) is 0 Å². The lowest BCUT2D eigenvalue weighted by molar-refractivity contribution is -0.172. The molecule has 0 aliphatic rings. The zero-order valence-corrected chi connectivity index (χ0v) is 10.8. The zero-order valence-electron chi connectivity index (χ0n) is 9.22. The molecule has 1 aromatic carbocycles. The number of nitrogens with zero attached hydrogens (tertiary/aromatic N) is 1. The first-order chi connectivity index (χ1) is 8.42. The van der Waals surface area contributed by atoms with Gasteiger partial charge in [-0.1, -0.05) is 15.9 Å². The number of rotatable bonds is 5. The second-order valence-corrected chi connectivity index (χ2v) is 4.31. The smallest absolute Gasteiger partial charge is 0.382 e. The van der Waals surface area contributed by atoms with Crippen molar-refractivity contribution >= 4 is 21.6 Å². The molecule has 0 heterocycles.